The molecule has 0 aliphatic heterocycles. The first-order valence-corrected chi connectivity index (χ1v) is 19.4. The maximum Gasteiger partial charge on any atom is -0.0266 e. The summed E-state index contributed by atoms with van der Waals surface area (Å²) in [6.07, 6.45) is 39.1. The average Bonchev–Trinajstić information content (AvgIpc) is 3.36. The molecule has 5 rings (SSSR count). The van der Waals surface area contributed by atoms with E-state index in [4.69, 9.17) is 0 Å². The predicted octanol–water partition coefficient (Wildman–Crippen LogP) is 13.0. The Morgan fingerprint density at radius 1 is 0.475 bits per heavy atom. The van der Waals surface area contributed by atoms with Crippen molar-refractivity contribution in [2.75, 3.05) is 0 Å². The lowest BCUT2D eigenvalue weighted by atomic mass is 9.58. The molecule has 0 saturated heterocycles. The fourth-order valence-corrected chi connectivity index (χ4v) is 11.8. The molecule has 0 heterocycles. The molecule has 5 fully saturated rings. The highest BCUT2D eigenvalue weighted by atomic mass is 14.5. The lowest BCUT2D eigenvalue weighted by Crippen LogP contribution is -2.38. The van der Waals surface area contributed by atoms with E-state index >= 15 is 0 Å². The highest BCUT2D eigenvalue weighted by molar-refractivity contribution is 4.98. The van der Waals surface area contributed by atoms with Gasteiger partial charge in [-0.15, -0.1) is 0 Å². The maximum atomic E-state index is 2.49. The van der Waals surface area contributed by atoms with Gasteiger partial charge >= 0.3 is 0 Å². The van der Waals surface area contributed by atoms with Gasteiger partial charge in [-0.05, 0) is 135 Å². The summed E-state index contributed by atoms with van der Waals surface area (Å²) in [7, 11) is 0. The van der Waals surface area contributed by atoms with Crippen LogP contribution in [-0.2, 0) is 0 Å². The van der Waals surface area contributed by atoms with Crippen molar-refractivity contribution in [1.29, 1.82) is 0 Å². The van der Waals surface area contributed by atoms with Gasteiger partial charge < -0.3 is 0 Å². The van der Waals surface area contributed by atoms with E-state index in [1.807, 2.05) is 0 Å². The van der Waals surface area contributed by atoms with Crippen molar-refractivity contribution in [2.24, 2.45) is 64.6 Å². The van der Waals surface area contributed by atoms with Crippen LogP contribution in [0.5, 0.6) is 0 Å². The Labute approximate surface area is 252 Å². The van der Waals surface area contributed by atoms with Crippen LogP contribution >= 0.6 is 0 Å². The van der Waals surface area contributed by atoms with E-state index in [0.29, 0.717) is 0 Å². The number of hydrogen-bond donors (Lipinski definition) is 0. The SMILES string of the molecule is CC(C)C1CCC(CCCC2CCC(CC[C@H](C3CCC(C(C)C)CC3)C3CCCC34CCCCC4)CC2)CC1. The predicted molar refractivity (Wildman–Crippen MR) is 175 cm³/mol. The van der Waals surface area contributed by atoms with Crippen molar-refractivity contribution in [1.82, 2.24) is 0 Å². The third-order valence-corrected chi connectivity index (χ3v) is 14.6. The zero-order valence-corrected chi connectivity index (χ0v) is 28.0. The molecule has 0 N–H and O–H groups in total. The molecule has 0 aromatic carbocycles. The minimum atomic E-state index is 0.781. The summed E-state index contributed by atoms with van der Waals surface area (Å²) in [6.45, 7) is 9.87. The highest BCUT2D eigenvalue weighted by Crippen LogP contribution is 2.59. The van der Waals surface area contributed by atoms with Crippen molar-refractivity contribution in [3.05, 3.63) is 0 Å². The first-order valence-electron chi connectivity index (χ1n) is 19.4. The summed E-state index contributed by atoms with van der Waals surface area (Å²) in [6, 6.07) is 0. The van der Waals surface area contributed by atoms with Gasteiger partial charge in [0.05, 0.1) is 0 Å². The van der Waals surface area contributed by atoms with E-state index < -0.39 is 0 Å². The molecule has 0 heteroatoms. The molecular weight excluding hydrogens is 480 g/mol. The molecule has 0 amide bonds. The number of rotatable bonds is 11. The van der Waals surface area contributed by atoms with Crippen molar-refractivity contribution in [2.45, 2.75) is 188 Å². The van der Waals surface area contributed by atoms with Gasteiger partial charge in [-0.3, -0.25) is 0 Å². The standard InChI is InChI=1S/C40H72/c1-30(2)35-20-17-33(18-21-35)11-8-10-32-13-15-34(16-14-32)19-26-38(37-24-22-36(23-25-37)31(3)4)39-12-9-29-40(39)27-6-5-7-28-40/h30-39H,5-29H2,1-4H3/t32?,33?,34?,35?,36?,37?,38-,39?/m1/s1. The molecule has 1 spiro atoms. The molecule has 0 bridgehead atoms. The Hall–Kier alpha value is 0. The first-order chi connectivity index (χ1) is 19.4. The molecule has 0 aromatic heterocycles. The monoisotopic (exact) mass is 553 g/mol. The normalized spacial score (nSPS) is 37.8. The van der Waals surface area contributed by atoms with Crippen molar-refractivity contribution < 1.29 is 0 Å². The summed E-state index contributed by atoms with van der Waals surface area (Å²) >= 11 is 0. The molecule has 2 atom stereocenters. The minimum Gasteiger partial charge on any atom is -0.0625 e. The molecule has 40 heavy (non-hydrogen) atoms. The lowest BCUT2D eigenvalue weighted by Gasteiger charge is -2.47. The molecule has 0 nitrogen and oxygen atoms in total. The molecule has 5 aliphatic carbocycles. The molecule has 232 valence electrons. The molecule has 5 aliphatic rings. The van der Waals surface area contributed by atoms with E-state index in [-0.39, 0.29) is 0 Å². The summed E-state index contributed by atoms with van der Waals surface area (Å²) in [5.41, 5.74) is 0.781. The Balaban J connectivity index is 1.07. The Bertz CT molecular complexity index is 688. The lowest BCUT2D eigenvalue weighted by molar-refractivity contribution is 0.0295. The van der Waals surface area contributed by atoms with Crippen LogP contribution in [0.2, 0.25) is 0 Å². The highest BCUT2D eigenvalue weighted by Gasteiger charge is 2.48. The average molecular weight is 553 g/mol. The molecule has 1 unspecified atom stereocenters. The summed E-state index contributed by atoms with van der Waals surface area (Å²) < 4.78 is 0. The second-order valence-corrected chi connectivity index (χ2v) is 17.4. The van der Waals surface area contributed by atoms with Gasteiger partial charge in [-0.2, -0.15) is 0 Å². The van der Waals surface area contributed by atoms with Crippen molar-refractivity contribution in [3.63, 3.8) is 0 Å². The van der Waals surface area contributed by atoms with Crippen molar-refractivity contribution in [3.8, 4) is 0 Å². The zero-order chi connectivity index (χ0) is 28.0. The van der Waals surface area contributed by atoms with Gasteiger partial charge in [-0.1, -0.05) is 118 Å². The van der Waals surface area contributed by atoms with Crippen LogP contribution in [0, 0.1) is 64.6 Å². The molecular formula is C40H72. The first kappa shape index (κ1) is 31.4. The van der Waals surface area contributed by atoms with E-state index in [1.165, 1.54) is 38.5 Å². The fraction of sp³-hybridized carbons (Fsp3) is 1.00. The molecule has 5 saturated carbocycles. The van der Waals surface area contributed by atoms with Gasteiger partial charge in [-0.25, -0.2) is 0 Å². The number of hydrogen-bond acceptors (Lipinski definition) is 0. The second-order valence-electron chi connectivity index (χ2n) is 17.4. The van der Waals surface area contributed by atoms with Gasteiger partial charge in [0.2, 0.25) is 0 Å². The van der Waals surface area contributed by atoms with Gasteiger partial charge in [0.15, 0.2) is 0 Å². The summed E-state index contributed by atoms with van der Waals surface area (Å²) in [5.74, 6) is 10.3. The van der Waals surface area contributed by atoms with Crippen LogP contribution in [-0.4, -0.2) is 0 Å². The molecule has 0 aromatic rings. The largest absolute Gasteiger partial charge is 0.0625 e. The van der Waals surface area contributed by atoms with Crippen molar-refractivity contribution >= 4 is 0 Å². The van der Waals surface area contributed by atoms with Crippen LogP contribution in [0.4, 0.5) is 0 Å². The second kappa shape index (κ2) is 15.1. The Morgan fingerprint density at radius 2 is 0.925 bits per heavy atom. The van der Waals surface area contributed by atoms with Gasteiger partial charge in [0.25, 0.3) is 0 Å². The van der Waals surface area contributed by atoms with E-state index in [0.717, 1.165) is 64.6 Å². The van der Waals surface area contributed by atoms with Crippen LogP contribution in [0.25, 0.3) is 0 Å². The Kier molecular flexibility index (Phi) is 11.9. The van der Waals surface area contributed by atoms with E-state index in [9.17, 15) is 0 Å². The topological polar surface area (TPSA) is 0 Å². The smallest absolute Gasteiger partial charge is 0.0266 e. The third kappa shape index (κ3) is 8.13. The fourth-order valence-electron chi connectivity index (χ4n) is 11.8. The van der Waals surface area contributed by atoms with Crippen LogP contribution in [0.15, 0.2) is 0 Å². The van der Waals surface area contributed by atoms with E-state index in [1.54, 1.807) is 122 Å². The maximum absolute atomic E-state index is 2.49. The summed E-state index contributed by atoms with van der Waals surface area (Å²) in [5, 5.41) is 0. The van der Waals surface area contributed by atoms with Crippen LogP contribution in [0.3, 0.4) is 0 Å². The van der Waals surface area contributed by atoms with Crippen LogP contribution < -0.4 is 0 Å². The van der Waals surface area contributed by atoms with Gasteiger partial charge in [0.1, 0.15) is 0 Å². The zero-order valence-electron chi connectivity index (χ0n) is 28.0. The minimum absolute atomic E-state index is 0.781. The van der Waals surface area contributed by atoms with E-state index in [2.05, 4.69) is 27.7 Å². The summed E-state index contributed by atoms with van der Waals surface area (Å²) in [4.78, 5) is 0. The molecule has 0 radical (unpaired) electrons. The van der Waals surface area contributed by atoms with Crippen LogP contribution in [0.1, 0.15) is 188 Å². The van der Waals surface area contributed by atoms with Gasteiger partial charge in [0, 0.05) is 0 Å². The quantitative estimate of drug-likeness (QED) is 0.239. The Morgan fingerprint density at radius 3 is 1.48 bits per heavy atom. The third-order valence-electron chi connectivity index (χ3n) is 14.6.